The van der Waals surface area contributed by atoms with E-state index < -0.39 is 0 Å². The highest BCUT2D eigenvalue weighted by atomic mass is 19.1. The van der Waals surface area contributed by atoms with Crippen molar-refractivity contribution >= 4 is 16.7 Å². The van der Waals surface area contributed by atoms with E-state index in [2.05, 4.69) is 20.3 Å². The number of ether oxygens (including phenoxy) is 1. The summed E-state index contributed by atoms with van der Waals surface area (Å²) in [4.78, 5) is 12.2. The maximum atomic E-state index is 13.7. The van der Waals surface area contributed by atoms with Crippen molar-refractivity contribution in [3.8, 4) is 5.88 Å². The van der Waals surface area contributed by atoms with Gasteiger partial charge in [0, 0.05) is 24.2 Å². The number of para-hydroxylation sites is 1. The molecular weight excluding hydrogens is 271 g/mol. The second-order valence-electron chi connectivity index (χ2n) is 4.42. The average molecular weight is 284 g/mol. The summed E-state index contributed by atoms with van der Waals surface area (Å²) in [6.45, 7) is 0.529. The minimum absolute atomic E-state index is 0.308. The molecule has 0 spiro atoms. The summed E-state index contributed by atoms with van der Waals surface area (Å²) >= 11 is 0. The Labute approximate surface area is 120 Å². The summed E-state index contributed by atoms with van der Waals surface area (Å²) in [6.07, 6.45) is 3.02. The van der Waals surface area contributed by atoms with Gasteiger partial charge in [-0.1, -0.05) is 6.07 Å². The van der Waals surface area contributed by atoms with E-state index in [9.17, 15) is 4.39 Å². The van der Waals surface area contributed by atoms with Crippen molar-refractivity contribution in [2.45, 2.75) is 6.54 Å². The molecular formula is C15H13FN4O. The minimum atomic E-state index is -0.358. The van der Waals surface area contributed by atoms with Crippen molar-refractivity contribution in [3.05, 3.63) is 54.2 Å². The highest BCUT2D eigenvalue weighted by molar-refractivity contribution is 5.89. The van der Waals surface area contributed by atoms with Gasteiger partial charge in [-0.2, -0.15) is 0 Å². The van der Waals surface area contributed by atoms with E-state index in [-0.39, 0.29) is 5.82 Å². The fourth-order valence-corrected chi connectivity index (χ4v) is 2.05. The molecule has 0 atom stereocenters. The number of pyridine rings is 1. The van der Waals surface area contributed by atoms with Crippen molar-refractivity contribution in [1.29, 1.82) is 0 Å². The van der Waals surface area contributed by atoms with Crippen LogP contribution in [0.25, 0.3) is 10.9 Å². The third kappa shape index (κ3) is 2.74. The SMILES string of the molecule is COc1cc(CNc2ncnc3c(F)cccc23)ccn1. The van der Waals surface area contributed by atoms with Crippen molar-refractivity contribution in [2.24, 2.45) is 0 Å². The van der Waals surface area contributed by atoms with Crippen molar-refractivity contribution in [2.75, 3.05) is 12.4 Å². The van der Waals surface area contributed by atoms with Crippen LogP contribution < -0.4 is 10.1 Å². The van der Waals surface area contributed by atoms with E-state index in [1.165, 1.54) is 12.4 Å². The number of anilines is 1. The van der Waals surface area contributed by atoms with Crippen molar-refractivity contribution < 1.29 is 9.13 Å². The lowest BCUT2D eigenvalue weighted by Crippen LogP contribution is -2.03. The molecule has 1 N–H and O–H groups in total. The zero-order chi connectivity index (χ0) is 14.7. The van der Waals surface area contributed by atoms with Gasteiger partial charge in [-0.05, 0) is 23.8 Å². The Morgan fingerprint density at radius 3 is 2.95 bits per heavy atom. The molecule has 2 aromatic heterocycles. The highest BCUT2D eigenvalue weighted by Gasteiger charge is 2.07. The lowest BCUT2D eigenvalue weighted by Gasteiger charge is -2.09. The summed E-state index contributed by atoms with van der Waals surface area (Å²) in [7, 11) is 1.57. The van der Waals surface area contributed by atoms with Gasteiger partial charge in [0.2, 0.25) is 5.88 Å². The molecule has 0 unspecified atom stereocenters. The molecule has 0 radical (unpaired) electrons. The Morgan fingerprint density at radius 1 is 1.19 bits per heavy atom. The third-order valence-corrected chi connectivity index (χ3v) is 3.08. The lowest BCUT2D eigenvalue weighted by molar-refractivity contribution is 0.397. The van der Waals surface area contributed by atoms with Gasteiger partial charge in [0.25, 0.3) is 0 Å². The number of nitrogens with one attached hydrogen (secondary N) is 1. The molecule has 0 fully saturated rings. The molecule has 0 aliphatic rings. The molecule has 1 aromatic carbocycles. The molecule has 3 rings (SSSR count). The largest absolute Gasteiger partial charge is 0.481 e. The highest BCUT2D eigenvalue weighted by Crippen LogP contribution is 2.21. The van der Waals surface area contributed by atoms with E-state index in [4.69, 9.17) is 4.74 Å². The van der Waals surface area contributed by atoms with E-state index >= 15 is 0 Å². The van der Waals surface area contributed by atoms with Gasteiger partial charge in [0.15, 0.2) is 0 Å². The number of benzene rings is 1. The van der Waals surface area contributed by atoms with Crippen molar-refractivity contribution in [1.82, 2.24) is 15.0 Å². The normalized spacial score (nSPS) is 10.6. The van der Waals surface area contributed by atoms with Crippen LogP contribution in [-0.4, -0.2) is 22.1 Å². The number of rotatable bonds is 4. The molecule has 0 aliphatic carbocycles. The van der Waals surface area contributed by atoms with Crippen LogP contribution >= 0.6 is 0 Å². The predicted octanol–water partition coefficient (Wildman–Crippen LogP) is 2.78. The van der Waals surface area contributed by atoms with Crippen LogP contribution in [-0.2, 0) is 6.54 Å². The van der Waals surface area contributed by atoms with Crippen LogP contribution in [0, 0.1) is 5.82 Å². The number of aromatic nitrogens is 3. The molecule has 0 saturated heterocycles. The zero-order valence-corrected chi connectivity index (χ0v) is 11.4. The summed E-state index contributed by atoms with van der Waals surface area (Å²) < 4.78 is 18.8. The average Bonchev–Trinajstić information content (AvgIpc) is 2.53. The lowest BCUT2D eigenvalue weighted by atomic mass is 10.2. The first-order valence-corrected chi connectivity index (χ1v) is 6.40. The summed E-state index contributed by atoms with van der Waals surface area (Å²) in [5.41, 5.74) is 1.30. The third-order valence-electron chi connectivity index (χ3n) is 3.08. The summed E-state index contributed by atoms with van der Waals surface area (Å²) in [5.74, 6) is 0.784. The number of hydrogen-bond donors (Lipinski definition) is 1. The van der Waals surface area contributed by atoms with Gasteiger partial charge < -0.3 is 10.1 Å². The van der Waals surface area contributed by atoms with E-state index in [0.29, 0.717) is 29.1 Å². The molecule has 6 heteroatoms. The monoisotopic (exact) mass is 284 g/mol. The smallest absolute Gasteiger partial charge is 0.213 e. The number of methoxy groups -OCH3 is 1. The quantitative estimate of drug-likeness (QED) is 0.798. The second-order valence-corrected chi connectivity index (χ2v) is 4.42. The molecule has 5 nitrogen and oxygen atoms in total. The molecule has 21 heavy (non-hydrogen) atoms. The Balaban J connectivity index is 1.87. The zero-order valence-electron chi connectivity index (χ0n) is 11.4. The number of nitrogens with zero attached hydrogens (tertiary/aromatic N) is 3. The molecule has 0 aliphatic heterocycles. The standard InChI is InChI=1S/C15H13FN4O/c1-21-13-7-10(5-6-17-13)8-18-15-11-3-2-4-12(16)14(11)19-9-20-15/h2-7,9H,8H2,1H3,(H,18,19,20). The summed E-state index contributed by atoms with van der Waals surface area (Å²) in [6, 6.07) is 8.51. The Hall–Kier alpha value is -2.76. The first-order valence-electron chi connectivity index (χ1n) is 6.40. The minimum Gasteiger partial charge on any atom is -0.481 e. The van der Waals surface area contributed by atoms with Crippen LogP contribution in [0.15, 0.2) is 42.9 Å². The maximum absolute atomic E-state index is 13.7. The molecule has 3 aromatic rings. The van der Waals surface area contributed by atoms with Gasteiger partial charge in [-0.15, -0.1) is 0 Å². The van der Waals surface area contributed by atoms with Crippen LogP contribution in [0.2, 0.25) is 0 Å². The summed E-state index contributed by atoms with van der Waals surface area (Å²) in [5, 5.41) is 3.83. The van der Waals surface area contributed by atoms with Crippen LogP contribution in [0.3, 0.4) is 0 Å². The Kier molecular flexibility index (Phi) is 3.59. The predicted molar refractivity (Wildman–Crippen MR) is 77.6 cm³/mol. The topological polar surface area (TPSA) is 59.9 Å². The van der Waals surface area contributed by atoms with E-state index in [1.807, 2.05) is 12.1 Å². The molecule has 0 bridgehead atoms. The van der Waals surface area contributed by atoms with E-state index in [1.54, 1.807) is 25.4 Å². The van der Waals surface area contributed by atoms with Crippen LogP contribution in [0.4, 0.5) is 10.2 Å². The fourth-order valence-electron chi connectivity index (χ4n) is 2.05. The van der Waals surface area contributed by atoms with Gasteiger partial charge >= 0.3 is 0 Å². The molecule has 2 heterocycles. The Morgan fingerprint density at radius 2 is 2.10 bits per heavy atom. The molecule has 0 amide bonds. The number of hydrogen-bond acceptors (Lipinski definition) is 5. The fraction of sp³-hybridized carbons (Fsp3) is 0.133. The first kappa shape index (κ1) is 13.2. The van der Waals surface area contributed by atoms with E-state index in [0.717, 1.165) is 5.56 Å². The number of halogens is 1. The van der Waals surface area contributed by atoms with Gasteiger partial charge in [0.1, 0.15) is 23.5 Å². The molecule has 106 valence electrons. The van der Waals surface area contributed by atoms with Gasteiger partial charge in [-0.3, -0.25) is 0 Å². The first-order chi connectivity index (χ1) is 10.3. The maximum Gasteiger partial charge on any atom is 0.213 e. The van der Waals surface area contributed by atoms with Crippen LogP contribution in [0.1, 0.15) is 5.56 Å². The van der Waals surface area contributed by atoms with Gasteiger partial charge in [-0.25, -0.2) is 19.3 Å². The number of fused-ring (bicyclic) bond motifs is 1. The van der Waals surface area contributed by atoms with Crippen molar-refractivity contribution in [3.63, 3.8) is 0 Å². The second kappa shape index (κ2) is 5.70. The Bertz CT molecular complexity index is 778. The van der Waals surface area contributed by atoms with Gasteiger partial charge in [0.05, 0.1) is 7.11 Å². The molecule has 0 saturated carbocycles. The van der Waals surface area contributed by atoms with Crippen LogP contribution in [0.5, 0.6) is 5.88 Å².